The van der Waals surface area contributed by atoms with Crippen molar-refractivity contribution in [2.45, 2.75) is 13.8 Å². The summed E-state index contributed by atoms with van der Waals surface area (Å²) >= 11 is 0. The van der Waals surface area contributed by atoms with E-state index in [-0.39, 0.29) is 0 Å². The summed E-state index contributed by atoms with van der Waals surface area (Å²) in [6.07, 6.45) is 7.94. The summed E-state index contributed by atoms with van der Waals surface area (Å²) in [5, 5.41) is 0. The minimum atomic E-state index is 0.918. The van der Waals surface area contributed by atoms with E-state index in [1.165, 1.54) is 11.3 Å². The van der Waals surface area contributed by atoms with E-state index in [1.807, 2.05) is 25.2 Å². The van der Waals surface area contributed by atoms with Crippen molar-refractivity contribution in [3.05, 3.63) is 48.7 Å². The molecule has 1 rings (SSSR count). The fourth-order valence-electron chi connectivity index (χ4n) is 1.44. The molecule has 0 atom stereocenters. The second-order valence-corrected chi connectivity index (χ2v) is 3.10. The van der Waals surface area contributed by atoms with Crippen molar-refractivity contribution in [3.63, 3.8) is 0 Å². The van der Waals surface area contributed by atoms with Gasteiger partial charge in [0.15, 0.2) is 18.5 Å². The molecule has 0 saturated heterocycles. The number of nitrogens with zero attached hydrogens (tertiary/aromatic N) is 1. The summed E-state index contributed by atoms with van der Waals surface area (Å²) in [5.74, 6) is 0. The lowest BCUT2D eigenvalue weighted by Gasteiger charge is -1.88. The van der Waals surface area contributed by atoms with Gasteiger partial charge in [0.2, 0.25) is 0 Å². The Morgan fingerprint density at radius 3 is 2.69 bits per heavy atom. The smallest absolute Gasteiger partial charge is 0.185 e. The van der Waals surface area contributed by atoms with Gasteiger partial charge in [0.1, 0.15) is 0 Å². The van der Waals surface area contributed by atoms with E-state index in [9.17, 15) is 0 Å². The first kappa shape index (κ1) is 9.72. The quantitative estimate of drug-likeness (QED) is 0.566. The molecule has 0 amide bonds. The molecule has 0 unspecified atom stereocenters. The minimum absolute atomic E-state index is 0.918. The predicted molar refractivity (Wildman–Crippen MR) is 58.0 cm³/mol. The van der Waals surface area contributed by atoms with Crippen LogP contribution in [0.4, 0.5) is 0 Å². The Morgan fingerprint density at radius 2 is 2.15 bits per heavy atom. The third kappa shape index (κ3) is 1.86. The molecule has 0 saturated carbocycles. The molecule has 0 N–H and O–H groups in total. The molecule has 1 nitrogen and oxygen atoms in total. The Bertz CT molecular complexity index is 327. The third-order valence-electron chi connectivity index (χ3n) is 2.24. The van der Waals surface area contributed by atoms with Crippen LogP contribution in [0.3, 0.4) is 0 Å². The zero-order chi connectivity index (χ0) is 9.84. The van der Waals surface area contributed by atoms with E-state index < -0.39 is 0 Å². The Labute approximate surface area is 80.1 Å². The van der Waals surface area contributed by atoms with Crippen LogP contribution >= 0.6 is 0 Å². The average molecular weight is 174 g/mol. The molecule has 0 fully saturated rings. The van der Waals surface area contributed by atoms with Crippen LogP contribution in [0, 0.1) is 0 Å². The van der Waals surface area contributed by atoms with Crippen LogP contribution in [0.25, 0.3) is 0 Å². The maximum absolute atomic E-state index is 4.04. The predicted octanol–water partition coefficient (Wildman–Crippen LogP) is 2.68. The summed E-state index contributed by atoms with van der Waals surface area (Å²) in [6, 6.07) is 0. The van der Waals surface area contributed by atoms with Gasteiger partial charge in [0.05, 0.1) is 0 Å². The molecular weight excluding hydrogens is 158 g/mol. The van der Waals surface area contributed by atoms with E-state index in [4.69, 9.17) is 0 Å². The number of hydrogen-bond donors (Lipinski definition) is 0. The van der Waals surface area contributed by atoms with E-state index in [2.05, 4.69) is 30.9 Å². The first-order valence-electron chi connectivity index (χ1n) is 4.45. The number of rotatable bonds is 2. The first-order valence-corrected chi connectivity index (χ1v) is 4.45. The monoisotopic (exact) mass is 174 g/mol. The minimum Gasteiger partial charge on any atom is -0.198 e. The summed E-state index contributed by atoms with van der Waals surface area (Å²) < 4.78 is 2.19. The lowest BCUT2D eigenvalue weighted by atomic mass is 10.1. The lowest BCUT2D eigenvalue weighted by Crippen LogP contribution is -2.04. The van der Waals surface area contributed by atoms with Crippen LogP contribution in [0.5, 0.6) is 0 Å². The van der Waals surface area contributed by atoms with Crippen molar-refractivity contribution in [3.8, 4) is 0 Å². The van der Waals surface area contributed by atoms with Crippen LogP contribution in [-0.4, -0.2) is 16.8 Å². The van der Waals surface area contributed by atoms with Gasteiger partial charge in [-0.15, -0.1) is 0 Å². The zero-order valence-electron chi connectivity index (χ0n) is 8.38. The standard InChI is InChI=1S/C12H16N/c1-5-7-12-9-13(8-6-2)11(4)10(12)3/h5-8H,1,3,9H2,2,4H3/q+1/b8-6-,12-7-. The highest BCUT2D eigenvalue weighted by Gasteiger charge is 2.24. The molecule has 1 aliphatic rings. The lowest BCUT2D eigenvalue weighted by molar-refractivity contribution is -0.441. The van der Waals surface area contributed by atoms with Crippen LogP contribution in [0.15, 0.2) is 48.7 Å². The molecule has 0 aliphatic carbocycles. The Morgan fingerprint density at radius 1 is 1.46 bits per heavy atom. The van der Waals surface area contributed by atoms with Gasteiger partial charge in [0, 0.05) is 18.1 Å². The molecule has 0 aromatic heterocycles. The summed E-state index contributed by atoms with van der Waals surface area (Å²) in [4.78, 5) is 0. The van der Waals surface area contributed by atoms with Crippen LogP contribution in [0.1, 0.15) is 13.8 Å². The first-order chi connectivity index (χ1) is 6.20. The SMILES string of the molecule is C=C/C=C1/C[N+](/C=C\C)=C(C)C1=C. The van der Waals surface area contributed by atoms with E-state index in [1.54, 1.807) is 0 Å². The number of hydrogen-bond acceptors (Lipinski definition) is 0. The van der Waals surface area contributed by atoms with E-state index in [0.717, 1.165) is 12.1 Å². The molecule has 0 radical (unpaired) electrons. The Kier molecular flexibility index (Phi) is 3.02. The molecule has 0 aromatic rings. The van der Waals surface area contributed by atoms with Gasteiger partial charge in [0.25, 0.3) is 0 Å². The Hall–Kier alpha value is -1.37. The van der Waals surface area contributed by atoms with Crippen molar-refractivity contribution in [1.82, 2.24) is 0 Å². The second-order valence-electron chi connectivity index (χ2n) is 3.10. The van der Waals surface area contributed by atoms with Crippen LogP contribution < -0.4 is 0 Å². The van der Waals surface area contributed by atoms with Gasteiger partial charge >= 0.3 is 0 Å². The zero-order valence-corrected chi connectivity index (χ0v) is 8.38. The van der Waals surface area contributed by atoms with E-state index in [0.29, 0.717) is 0 Å². The third-order valence-corrected chi connectivity index (χ3v) is 2.24. The molecule has 1 aliphatic heterocycles. The Balaban J connectivity index is 2.98. The maximum atomic E-state index is 4.04. The molecule has 0 bridgehead atoms. The second kappa shape index (κ2) is 4.04. The van der Waals surface area contributed by atoms with E-state index >= 15 is 0 Å². The molecule has 1 heterocycles. The summed E-state index contributed by atoms with van der Waals surface area (Å²) in [7, 11) is 0. The largest absolute Gasteiger partial charge is 0.198 e. The van der Waals surface area contributed by atoms with Gasteiger partial charge in [-0.1, -0.05) is 25.3 Å². The summed E-state index contributed by atoms with van der Waals surface area (Å²) in [6.45, 7) is 12.8. The number of allylic oxidation sites excluding steroid dienone is 3. The normalized spacial score (nSPS) is 20.8. The molecule has 0 aromatic carbocycles. The molecule has 13 heavy (non-hydrogen) atoms. The highest BCUT2D eigenvalue weighted by molar-refractivity contribution is 5.99. The van der Waals surface area contributed by atoms with Gasteiger partial charge in [-0.3, -0.25) is 0 Å². The van der Waals surface area contributed by atoms with Crippen molar-refractivity contribution in [2.75, 3.05) is 6.54 Å². The van der Waals surface area contributed by atoms with Gasteiger partial charge in [-0.25, -0.2) is 0 Å². The van der Waals surface area contributed by atoms with Gasteiger partial charge in [-0.2, -0.15) is 4.58 Å². The van der Waals surface area contributed by atoms with Crippen molar-refractivity contribution in [1.29, 1.82) is 0 Å². The highest BCUT2D eigenvalue weighted by Crippen LogP contribution is 2.17. The maximum Gasteiger partial charge on any atom is 0.185 e. The highest BCUT2D eigenvalue weighted by atomic mass is 15.0. The van der Waals surface area contributed by atoms with Crippen molar-refractivity contribution >= 4 is 5.71 Å². The van der Waals surface area contributed by atoms with Gasteiger partial charge in [-0.05, 0) is 13.0 Å². The van der Waals surface area contributed by atoms with Crippen LogP contribution in [0.2, 0.25) is 0 Å². The van der Waals surface area contributed by atoms with Crippen molar-refractivity contribution in [2.24, 2.45) is 0 Å². The molecule has 68 valence electrons. The molecule has 0 spiro atoms. The fraction of sp³-hybridized carbons (Fsp3) is 0.250. The molecular formula is C12H16N+. The fourth-order valence-corrected chi connectivity index (χ4v) is 1.44. The van der Waals surface area contributed by atoms with Crippen LogP contribution in [-0.2, 0) is 0 Å². The van der Waals surface area contributed by atoms with Crippen molar-refractivity contribution < 1.29 is 4.58 Å². The molecule has 1 heteroatoms. The summed E-state index contributed by atoms with van der Waals surface area (Å²) in [5.41, 5.74) is 3.61. The average Bonchev–Trinajstić information content (AvgIpc) is 2.36. The van der Waals surface area contributed by atoms with Gasteiger partial charge < -0.3 is 0 Å². The topological polar surface area (TPSA) is 3.01 Å².